The Balaban J connectivity index is 2.73. The Kier molecular flexibility index (Phi) is 3.16. The van der Waals surface area contributed by atoms with Gasteiger partial charge in [0.15, 0.2) is 17.3 Å². The second kappa shape index (κ2) is 4.49. The van der Waals surface area contributed by atoms with Gasteiger partial charge in [0, 0.05) is 19.2 Å². The standard InChI is InChI=1S/C11H11BrFN3O2/c1-16-8(14)4-6(15-16)9-10(13)5(12)3-7(18-2)11(9)17/h3-4,17H,14H2,1-2H3. The van der Waals surface area contributed by atoms with E-state index in [1.54, 1.807) is 7.05 Å². The van der Waals surface area contributed by atoms with Crippen molar-refractivity contribution in [3.63, 3.8) is 0 Å². The number of nitrogen functional groups attached to an aromatic ring is 1. The highest BCUT2D eigenvalue weighted by molar-refractivity contribution is 9.10. The van der Waals surface area contributed by atoms with E-state index >= 15 is 0 Å². The van der Waals surface area contributed by atoms with Gasteiger partial charge in [-0.15, -0.1) is 0 Å². The normalized spacial score (nSPS) is 10.7. The molecule has 1 aromatic carbocycles. The van der Waals surface area contributed by atoms with Gasteiger partial charge < -0.3 is 15.6 Å². The third-order valence-corrected chi connectivity index (χ3v) is 3.13. The molecule has 0 amide bonds. The lowest BCUT2D eigenvalue weighted by atomic mass is 10.1. The highest BCUT2D eigenvalue weighted by atomic mass is 79.9. The van der Waals surface area contributed by atoms with Gasteiger partial charge in [-0.3, -0.25) is 4.68 Å². The number of hydrogen-bond acceptors (Lipinski definition) is 4. The zero-order valence-electron chi connectivity index (χ0n) is 9.74. The van der Waals surface area contributed by atoms with Crippen LogP contribution >= 0.6 is 15.9 Å². The van der Waals surface area contributed by atoms with Crippen LogP contribution < -0.4 is 10.5 Å². The second-order valence-electron chi connectivity index (χ2n) is 3.68. The third-order valence-electron chi connectivity index (χ3n) is 2.55. The number of methoxy groups -OCH3 is 1. The maximum atomic E-state index is 14.1. The van der Waals surface area contributed by atoms with Crippen molar-refractivity contribution in [2.75, 3.05) is 12.8 Å². The molecule has 0 bridgehead atoms. The molecule has 2 rings (SSSR count). The van der Waals surface area contributed by atoms with Crippen molar-refractivity contribution in [1.29, 1.82) is 0 Å². The lowest BCUT2D eigenvalue weighted by Crippen LogP contribution is -1.97. The van der Waals surface area contributed by atoms with E-state index in [1.807, 2.05) is 0 Å². The number of anilines is 1. The summed E-state index contributed by atoms with van der Waals surface area (Å²) in [7, 11) is 3.01. The molecule has 5 nitrogen and oxygen atoms in total. The molecule has 18 heavy (non-hydrogen) atoms. The molecule has 0 fully saturated rings. The van der Waals surface area contributed by atoms with Crippen LogP contribution in [0.3, 0.4) is 0 Å². The predicted octanol–water partition coefficient (Wildman–Crippen LogP) is 2.29. The number of phenolic OH excluding ortho intramolecular Hbond substituents is 1. The fraction of sp³-hybridized carbons (Fsp3) is 0.182. The van der Waals surface area contributed by atoms with Crippen LogP contribution in [0.2, 0.25) is 0 Å². The lowest BCUT2D eigenvalue weighted by Gasteiger charge is -2.09. The van der Waals surface area contributed by atoms with Gasteiger partial charge in [-0.25, -0.2) is 4.39 Å². The Labute approximate surface area is 111 Å². The molecular formula is C11H11BrFN3O2. The van der Waals surface area contributed by atoms with Gasteiger partial charge in [0.05, 0.1) is 17.1 Å². The SMILES string of the molecule is COc1cc(Br)c(F)c(-c2cc(N)n(C)n2)c1O. The van der Waals surface area contributed by atoms with Crippen LogP contribution in [0.15, 0.2) is 16.6 Å². The highest BCUT2D eigenvalue weighted by Gasteiger charge is 2.21. The van der Waals surface area contributed by atoms with Gasteiger partial charge >= 0.3 is 0 Å². The minimum atomic E-state index is -0.619. The van der Waals surface area contributed by atoms with E-state index < -0.39 is 5.82 Å². The molecule has 7 heteroatoms. The molecule has 0 aliphatic carbocycles. The van der Waals surface area contributed by atoms with E-state index in [4.69, 9.17) is 10.5 Å². The fourth-order valence-corrected chi connectivity index (χ4v) is 1.99. The molecule has 0 saturated carbocycles. The summed E-state index contributed by atoms with van der Waals surface area (Å²) in [6, 6.07) is 2.82. The number of benzene rings is 1. The average Bonchev–Trinajstić information content (AvgIpc) is 2.64. The molecular weight excluding hydrogens is 305 g/mol. The molecule has 0 unspecified atom stereocenters. The van der Waals surface area contributed by atoms with Crippen LogP contribution in [-0.2, 0) is 7.05 Å². The Morgan fingerprint density at radius 1 is 1.50 bits per heavy atom. The smallest absolute Gasteiger partial charge is 0.170 e. The van der Waals surface area contributed by atoms with Crippen molar-refractivity contribution in [2.24, 2.45) is 7.05 Å². The minimum absolute atomic E-state index is 0.0477. The van der Waals surface area contributed by atoms with Crippen LogP contribution in [0.1, 0.15) is 0 Å². The second-order valence-corrected chi connectivity index (χ2v) is 4.53. The Hall–Kier alpha value is -1.76. The molecule has 3 N–H and O–H groups in total. The van der Waals surface area contributed by atoms with Crippen LogP contribution in [0, 0.1) is 5.82 Å². The fourth-order valence-electron chi connectivity index (χ4n) is 1.59. The summed E-state index contributed by atoms with van der Waals surface area (Å²) in [5.74, 6) is -0.409. The van der Waals surface area contributed by atoms with Gasteiger partial charge in [0.2, 0.25) is 0 Å². The number of hydrogen-bond donors (Lipinski definition) is 2. The van der Waals surface area contributed by atoms with Crippen molar-refractivity contribution in [1.82, 2.24) is 9.78 Å². The molecule has 96 valence electrons. The topological polar surface area (TPSA) is 73.3 Å². The summed E-state index contributed by atoms with van der Waals surface area (Å²) >= 11 is 3.06. The number of phenols is 1. The molecule has 2 aromatic rings. The molecule has 0 saturated heterocycles. The van der Waals surface area contributed by atoms with Crippen LogP contribution in [0.4, 0.5) is 10.2 Å². The maximum Gasteiger partial charge on any atom is 0.170 e. The third kappa shape index (κ3) is 1.90. The number of aromatic nitrogens is 2. The van der Waals surface area contributed by atoms with Crippen LogP contribution in [0.25, 0.3) is 11.3 Å². The summed E-state index contributed by atoms with van der Waals surface area (Å²) in [6.07, 6.45) is 0. The molecule has 0 radical (unpaired) electrons. The number of ether oxygens (including phenoxy) is 1. The van der Waals surface area contributed by atoms with Gasteiger partial charge in [0.25, 0.3) is 0 Å². The summed E-state index contributed by atoms with van der Waals surface area (Å²) in [5.41, 5.74) is 5.83. The average molecular weight is 316 g/mol. The first kappa shape index (κ1) is 12.7. The zero-order chi connectivity index (χ0) is 13.4. The first-order valence-corrected chi connectivity index (χ1v) is 5.79. The first-order valence-electron chi connectivity index (χ1n) is 5.00. The Bertz CT molecular complexity index is 593. The number of aromatic hydroxyl groups is 1. The maximum absolute atomic E-state index is 14.1. The quantitative estimate of drug-likeness (QED) is 0.891. The predicted molar refractivity (Wildman–Crippen MR) is 68.9 cm³/mol. The first-order chi connectivity index (χ1) is 8.45. The van der Waals surface area contributed by atoms with E-state index in [-0.39, 0.29) is 27.2 Å². The van der Waals surface area contributed by atoms with E-state index in [0.717, 1.165) is 0 Å². The van der Waals surface area contributed by atoms with E-state index in [9.17, 15) is 9.50 Å². The number of nitrogens with zero attached hydrogens (tertiary/aromatic N) is 2. The van der Waals surface area contributed by atoms with Gasteiger partial charge in [-0.2, -0.15) is 5.10 Å². The molecule has 0 atom stereocenters. The van der Waals surface area contributed by atoms with Crippen molar-refractivity contribution in [3.05, 3.63) is 22.4 Å². The van der Waals surface area contributed by atoms with Gasteiger partial charge in [0.1, 0.15) is 11.5 Å². The monoisotopic (exact) mass is 315 g/mol. The number of aryl methyl sites for hydroxylation is 1. The lowest BCUT2D eigenvalue weighted by molar-refractivity contribution is 0.371. The molecule has 1 heterocycles. The molecule has 1 aromatic heterocycles. The van der Waals surface area contributed by atoms with Crippen LogP contribution in [-0.4, -0.2) is 22.0 Å². The largest absolute Gasteiger partial charge is 0.504 e. The van der Waals surface area contributed by atoms with Crippen molar-refractivity contribution in [3.8, 4) is 22.8 Å². The molecule has 0 aliphatic rings. The van der Waals surface area contributed by atoms with Crippen molar-refractivity contribution < 1.29 is 14.2 Å². The minimum Gasteiger partial charge on any atom is -0.504 e. The van der Waals surface area contributed by atoms with Crippen molar-refractivity contribution >= 4 is 21.7 Å². The molecule has 0 aliphatic heterocycles. The van der Waals surface area contributed by atoms with E-state index in [1.165, 1.54) is 23.9 Å². The molecule has 0 spiro atoms. The van der Waals surface area contributed by atoms with Gasteiger partial charge in [-0.05, 0) is 15.9 Å². The van der Waals surface area contributed by atoms with Crippen LogP contribution in [0.5, 0.6) is 11.5 Å². The highest BCUT2D eigenvalue weighted by Crippen LogP contribution is 2.42. The van der Waals surface area contributed by atoms with Gasteiger partial charge in [-0.1, -0.05) is 0 Å². The summed E-state index contributed by atoms with van der Waals surface area (Å²) in [6.45, 7) is 0. The summed E-state index contributed by atoms with van der Waals surface area (Å²) in [5, 5.41) is 14.0. The van der Waals surface area contributed by atoms with Crippen molar-refractivity contribution in [2.45, 2.75) is 0 Å². The number of halogens is 2. The number of nitrogens with two attached hydrogens (primary N) is 1. The summed E-state index contributed by atoms with van der Waals surface area (Å²) < 4.78 is 20.6. The zero-order valence-corrected chi connectivity index (χ0v) is 11.3. The van der Waals surface area contributed by atoms with E-state index in [2.05, 4.69) is 21.0 Å². The Morgan fingerprint density at radius 3 is 2.67 bits per heavy atom. The van der Waals surface area contributed by atoms with E-state index in [0.29, 0.717) is 5.82 Å². The number of rotatable bonds is 2. The Morgan fingerprint density at radius 2 is 2.17 bits per heavy atom. The summed E-state index contributed by atoms with van der Waals surface area (Å²) in [4.78, 5) is 0.